The van der Waals surface area contributed by atoms with Crippen LogP contribution >= 0.6 is 0 Å². The summed E-state index contributed by atoms with van der Waals surface area (Å²) in [6, 6.07) is 11.1. The van der Waals surface area contributed by atoms with Crippen molar-refractivity contribution >= 4 is 19.9 Å². The number of hydrogen-bond acceptors (Lipinski definition) is 5. The molecule has 0 spiro atoms. The van der Waals surface area contributed by atoms with E-state index in [1.807, 2.05) is 0 Å². The molecule has 6 nitrogen and oxygen atoms in total. The van der Waals surface area contributed by atoms with Gasteiger partial charge in [0.15, 0.2) is 21.4 Å². The number of sulfonamides is 1. The highest BCUT2D eigenvalue weighted by atomic mass is 32.2. The van der Waals surface area contributed by atoms with E-state index in [1.165, 1.54) is 16.4 Å². The molecule has 30 heavy (non-hydrogen) atoms. The zero-order valence-electron chi connectivity index (χ0n) is 16.6. The second kappa shape index (κ2) is 7.94. The van der Waals surface area contributed by atoms with Crippen LogP contribution in [0, 0.1) is 5.82 Å². The number of benzene rings is 2. The summed E-state index contributed by atoms with van der Waals surface area (Å²) in [4.78, 5) is 0.129. The van der Waals surface area contributed by atoms with E-state index in [4.69, 9.17) is 4.74 Å². The van der Waals surface area contributed by atoms with E-state index < -0.39 is 43.0 Å². The molecule has 2 atom stereocenters. The largest absolute Gasteiger partial charge is 0.491 e. The minimum atomic E-state index is -3.94. The quantitative estimate of drug-likeness (QED) is 0.670. The Kier molecular flexibility index (Phi) is 5.63. The highest BCUT2D eigenvalue weighted by Crippen LogP contribution is 2.43. The summed E-state index contributed by atoms with van der Waals surface area (Å²) in [6.45, 7) is 1.99. The zero-order chi connectivity index (χ0) is 21.5. The van der Waals surface area contributed by atoms with Crippen molar-refractivity contribution in [3.63, 3.8) is 0 Å². The molecule has 2 heterocycles. The molecule has 2 fully saturated rings. The Morgan fingerprint density at radius 2 is 1.60 bits per heavy atom. The highest BCUT2D eigenvalue weighted by molar-refractivity contribution is 7.92. The average Bonchev–Trinajstić information content (AvgIpc) is 3.01. The number of halogens is 1. The molecule has 2 aliphatic rings. The van der Waals surface area contributed by atoms with E-state index in [1.54, 1.807) is 37.3 Å². The molecule has 0 aromatic heterocycles. The number of fused-ring (bicyclic) bond motifs is 2. The fourth-order valence-electron chi connectivity index (χ4n) is 4.57. The van der Waals surface area contributed by atoms with Gasteiger partial charge in [0.25, 0.3) is 0 Å². The summed E-state index contributed by atoms with van der Waals surface area (Å²) in [7, 11) is -7.48. The molecule has 2 aromatic rings. The van der Waals surface area contributed by atoms with Gasteiger partial charge in [-0.15, -0.1) is 0 Å². The van der Waals surface area contributed by atoms with Crippen molar-refractivity contribution in [2.75, 3.05) is 6.61 Å². The van der Waals surface area contributed by atoms with Gasteiger partial charge in [-0.3, -0.25) is 0 Å². The van der Waals surface area contributed by atoms with Crippen LogP contribution in [0.1, 0.15) is 32.6 Å². The molecule has 0 aliphatic carbocycles. The van der Waals surface area contributed by atoms with Gasteiger partial charge in [-0.2, -0.15) is 4.31 Å². The van der Waals surface area contributed by atoms with Gasteiger partial charge < -0.3 is 4.74 Å². The second-order valence-corrected chi connectivity index (χ2v) is 11.8. The van der Waals surface area contributed by atoms with Gasteiger partial charge in [0, 0.05) is 12.1 Å². The van der Waals surface area contributed by atoms with Crippen LogP contribution in [0.3, 0.4) is 0 Å². The van der Waals surface area contributed by atoms with Crippen molar-refractivity contribution in [1.82, 2.24) is 4.31 Å². The van der Waals surface area contributed by atoms with Crippen LogP contribution in [0.25, 0.3) is 0 Å². The van der Waals surface area contributed by atoms with Crippen molar-refractivity contribution in [2.45, 2.75) is 59.7 Å². The van der Waals surface area contributed by atoms with Gasteiger partial charge in [0.05, 0.1) is 21.6 Å². The molecule has 0 saturated carbocycles. The topological polar surface area (TPSA) is 80.8 Å². The van der Waals surface area contributed by atoms with Crippen molar-refractivity contribution in [2.24, 2.45) is 0 Å². The summed E-state index contributed by atoms with van der Waals surface area (Å²) in [6.07, 6.45) is 1.69. The second-order valence-electron chi connectivity index (χ2n) is 7.70. The summed E-state index contributed by atoms with van der Waals surface area (Å²) in [5.74, 6) is -0.723. The molecule has 2 saturated heterocycles. The van der Waals surface area contributed by atoms with Crippen molar-refractivity contribution in [3.05, 3.63) is 54.3 Å². The maximum absolute atomic E-state index is 14.3. The Bertz CT molecular complexity index is 1120. The summed E-state index contributed by atoms with van der Waals surface area (Å²) in [5.41, 5.74) is 0. The van der Waals surface area contributed by atoms with Crippen LogP contribution in [0.2, 0.25) is 0 Å². The normalized spacial score (nSPS) is 24.7. The molecule has 2 unspecified atom stereocenters. The van der Waals surface area contributed by atoms with Crippen LogP contribution < -0.4 is 4.74 Å². The van der Waals surface area contributed by atoms with E-state index in [-0.39, 0.29) is 35.0 Å². The van der Waals surface area contributed by atoms with E-state index in [9.17, 15) is 21.2 Å². The lowest BCUT2D eigenvalue weighted by Crippen LogP contribution is -2.49. The Labute approximate surface area is 176 Å². The van der Waals surface area contributed by atoms with Crippen LogP contribution in [0.5, 0.6) is 5.75 Å². The minimum absolute atomic E-state index is 0.00656. The smallest absolute Gasteiger partial charge is 0.243 e. The molecule has 2 aromatic carbocycles. The highest BCUT2D eigenvalue weighted by Gasteiger charge is 2.50. The Hall–Kier alpha value is -1.97. The van der Waals surface area contributed by atoms with Crippen molar-refractivity contribution < 1.29 is 26.0 Å². The SMILES string of the molecule is CCOc1ccc(S(=O)(=O)N2C3CCC2CC(S(=O)(=O)c2ccccc2)C3)cc1F. The lowest BCUT2D eigenvalue weighted by molar-refractivity contribution is 0.248. The third-order valence-electron chi connectivity index (χ3n) is 5.91. The Morgan fingerprint density at radius 1 is 0.967 bits per heavy atom. The van der Waals surface area contributed by atoms with Crippen LogP contribution in [0.4, 0.5) is 4.39 Å². The van der Waals surface area contributed by atoms with Gasteiger partial charge in [0.2, 0.25) is 10.0 Å². The monoisotopic (exact) mass is 453 g/mol. The van der Waals surface area contributed by atoms with Crippen LogP contribution in [-0.4, -0.2) is 45.1 Å². The first-order valence-corrected chi connectivity index (χ1v) is 13.0. The number of rotatable bonds is 6. The minimum Gasteiger partial charge on any atom is -0.491 e. The predicted octanol–water partition coefficient (Wildman–Crippen LogP) is 3.38. The number of sulfone groups is 1. The summed E-state index contributed by atoms with van der Waals surface area (Å²) in [5, 5.41) is -0.624. The third kappa shape index (κ3) is 3.63. The molecule has 9 heteroatoms. The van der Waals surface area contributed by atoms with Crippen LogP contribution in [-0.2, 0) is 19.9 Å². The fourth-order valence-corrected chi connectivity index (χ4v) is 8.35. The van der Waals surface area contributed by atoms with Gasteiger partial charge >= 0.3 is 0 Å². The lowest BCUT2D eigenvalue weighted by atomic mass is 10.1. The van der Waals surface area contributed by atoms with E-state index in [0.717, 1.165) is 6.07 Å². The molecule has 0 radical (unpaired) electrons. The molecule has 0 amide bonds. The van der Waals surface area contributed by atoms with Crippen molar-refractivity contribution in [3.8, 4) is 5.75 Å². The molecule has 2 aliphatic heterocycles. The molecular weight excluding hydrogens is 429 g/mol. The van der Waals surface area contributed by atoms with Gasteiger partial charge in [-0.25, -0.2) is 21.2 Å². The van der Waals surface area contributed by atoms with Crippen molar-refractivity contribution in [1.29, 1.82) is 0 Å². The summed E-state index contributed by atoms with van der Waals surface area (Å²) < 4.78 is 73.4. The lowest BCUT2D eigenvalue weighted by Gasteiger charge is -2.37. The zero-order valence-corrected chi connectivity index (χ0v) is 18.2. The Balaban J connectivity index is 1.60. The first-order valence-electron chi connectivity index (χ1n) is 10.00. The van der Waals surface area contributed by atoms with E-state index in [0.29, 0.717) is 12.8 Å². The maximum atomic E-state index is 14.3. The molecule has 4 rings (SSSR count). The molecule has 0 N–H and O–H groups in total. The third-order valence-corrected chi connectivity index (χ3v) is 10.1. The van der Waals surface area contributed by atoms with E-state index >= 15 is 0 Å². The summed E-state index contributed by atoms with van der Waals surface area (Å²) >= 11 is 0. The predicted molar refractivity (Wildman–Crippen MR) is 110 cm³/mol. The Morgan fingerprint density at radius 3 is 2.17 bits per heavy atom. The van der Waals surface area contributed by atoms with Gasteiger partial charge in [-0.05, 0) is 62.9 Å². The molecule has 162 valence electrons. The van der Waals surface area contributed by atoms with Gasteiger partial charge in [-0.1, -0.05) is 18.2 Å². The average molecular weight is 454 g/mol. The maximum Gasteiger partial charge on any atom is 0.243 e. The van der Waals surface area contributed by atoms with Crippen LogP contribution in [0.15, 0.2) is 58.3 Å². The number of piperidine rings is 1. The van der Waals surface area contributed by atoms with E-state index in [2.05, 4.69) is 0 Å². The standard InChI is InChI=1S/C21H24FNO5S2/c1-2-28-21-11-10-18(14-20(21)22)30(26,27)23-15-8-9-16(23)13-19(12-15)29(24,25)17-6-4-3-5-7-17/h3-7,10-11,14-16,19H,2,8-9,12-13H2,1H3. The number of nitrogens with zero attached hydrogens (tertiary/aromatic N) is 1. The van der Waals surface area contributed by atoms with Gasteiger partial charge in [0.1, 0.15) is 0 Å². The molecule has 2 bridgehead atoms. The fraction of sp³-hybridized carbons (Fsp3) is 0.429. The number of hydrogen-bond donors (Lipinski definition) is 0. The first-order chi connectivity index (χ1) is 14.2. The first kappa shape index (κ1) is 21.3. The number of ether oxygens (including phenoxy) is 1. The molecular formula is C21H24FNO5S2.